The van der Waals surface area contributed by atoms with Crippen LogP contribution in [0, 0.1) is 0 Å². The van der Waals surface area contributed by atoms with Gasteiger partial charge in [0.2, 0.25) is 5.91 Å². The summed E-state index contributed by atoms with van der Waals surface area (Å²) in [4.78, 5) is 23.5. The highest BCUT2D eigenvalue weighted by Gasteiger charge is 2.08. The van der Waals surface area contributed by atoms with Gasteiger partial charge in [0.25, 0.3) is 5.91 Å². The zero-order valence-electron chi connectivity index (χ0n) is 13.3. The molecule has 0 saturated carbocycles. The van der Waals surface area contributed by atoms with Crippen molar-refractivity contribution in [2.45, 2.75) is 6.42 Å². The van der Waals surface area contributed by atoms with Crippen LogP contribution in [0.2, 0.25) is 10.0 Å². The van der Waals surface area contributed by atoms with Crippen LogP contribution in [0.4, 0.5) is 0 Å². The van der Waals surface area contributed by atoms with Gasteiger partial charge in [0.15, 0.2) is 6.61 Å². The van der Waals surface area contributed by atoms with E-state index in [1.807, 2.05) is 0 Å². The summed E-state index contributed by atoms with van der Waals surface area (Å²) in [6, 6.07) is 11.7. The minimum absolute atomic E-state index is 0.119. The van der Waals surface area contributed by atoms with E-state index in [2.05, 4.69) is 10.9 Å². The van der Waals surface area contributed by atoms with Gasteiger partial charge in [0.1, 0.15) is 11.5 Å². The van der Waals surface area contributed by atoms with Crippen LogP contribution in [0.25, 0.3) is 0 Å². The number of nitrogens with one attached hydrogen (secondary N) is 2. The molecule has 132 valence electrons. The van der Waals surface area contributed by atoms with Gasteiger partial charge in [-0.1, -0.05) is 35.3 Å². The Hall–Kier alpha value is -2.44. The first-order chi connectivity index (χ1) is 12.0. The first-order valence-electron chi connectivity index (χ1n) is 7.26. The number of carbonyl (C=O) groups is 2. The molecule has 2 aromatic rings. The normalized spacial score (nSPS) is 10.0. The Morgan fingerprint density at radius 3 is 2.32 bits per heavy atom. The molecule has 2 N–H and O–H groups in total. The lowest BCUT2D eigenvalue weighted by molar-refractivity contribution is -0.129. The fourth-order valence-electron chi connectivity index (χ4n) is 1.88. The summed E-state index contributed by atoms with van der Waals surface area (Å²) in [7, 11) is 1.57. The molecule has 0 saturated heterocycles. The van der Waals surface area contributed by atoms with Gasteiger partial charge in [-0.15, -0.1) is 0 Å². The summed E-state index contributed by atoms with van der Waals surface area (Å²) in [6.07, 6.45) is 0.119. The third-order valence-corrected chi connectivity index (χ3v) is 3.65. The van der Waals surface area contributed by atoms with Crippen molar-refractivity contribution in [2.75, 3.05) is 13.7 Å². The van der Waals surface area contributed by atoms with Gasteiger partial charge < -0.3 is 9.47 Å². The zero-order chi connectivity index (χ0) is 18.2. The van der Waals surface area contributed by atoms with E-state index in [1.54, 1.807) is 43.5 Å². The zero-order valence-corrected chi connectivity index (χ0v) is 14.9. The molecule has 0 spiro atoms. The first kappa shape index (κ1) is 18.9. The Labute approximate surface area is 155 Å². The average Bonchev–Trinajstić information content (AvgIpc) is 2.60. The second-order valence-corrected chi connectivity index (χ2v) is 5.83. The average molecular weight is 383 g/mol. The van der Waals surface area contributed by atoms with Crippen LogP contribution in [-0.2, 0) is 16.0 Å². The summed E-state index contributed by atoms with van der Waals surface area (Å²) in [6.45, 7) is -0.301. The van der Waals surface area contributed by atoms with Crippen molar-refractivity contribution in [3.05, 3.63) is 58.1 Å². The van der Waals surface area contributed by atoms with Gasteiger partial charge >= 0.3 is 0 Å². The predicted molar refractivity (Wildman–Crippen MR) is 94.9 cm³/mol. The molecule has 0 aliphatic heterocycles. The number of methoxy groups -OCH3 is 1. The molecule has 0 heterocycles. The Kier molecular flexibility index (Phi) is 6.91. The van der Waals surface area contributed by atoms with Gasteiger partial charge in [-0.3, -0.25) is 20.4 Å². The molecular weight excluding hydrogens is 367 g/mol. The van der Waals surface area contributed by atoms with Crippen molar-refractivity contribution in [3.63, 3.8) is 0 Å². The van der Waals surface area contributed by atoms with E-state index < -0.39 is 5.91 Å². The van der Waals surface area contributed by atoms with Crippen molar-refractivity contribution in [1.29, 1.82) is 0 Å². The number of carbonyl (C=O) groups excluding carboxylic acids is 2. The Morgan fingerprint density at radius 1 is 1.00 bits per heavy atom. The molecule has 2 aromatic carbocycles. The van der Waals surface area contributed by atoms with Gasteiger partial charge in [-0.25, -0.2) is 0 Å². The lowest BCUT2D eigenvalue weighted by Crippen LogP contribution is -2.44. The molecule has 8 heteroatoms. The van der Waals surface area contributed by atoms with E-state index in [4.69, 9.17) is 32.7 Å². The van der Waals surface area contributed by atoms with E-state index in [0.29, 0.717) is 21.5 Å². The fourth-order valence-corrected chi connectivity index (χ4v) is 2.35. The van der Waals surface area contributed by atoms with Crippen LogP contribution in [0.5, 0.6) is 11.5 Å². The number of rotatable bonds is 6. The molecule has 0 aliphatic rings. The van der Waals surface area contributed by atoms with Crippen LogP contribution >= 0.6 is 23.2 Å². The number of hydrogen-bond acceptors (Lipinski definition) is 4. The van der Waals surface area contributed by atoms with Gasteiger partial charge in [-0.05, 0) is 35.9 Å². The second kappa shape index (κ2) is 9.15. The highest BCUT2D eigenvalue weighted by atomic mass is 35.5. The number of amides is 2. The second-order valence-electron chi connectivity index (χ2n) is 4.98. The van der Waals surface area contributed by atoms with E-state index in [-0.39, 0.29) is 18.9 Å². The van der Waals surface area contributed by atoms with Crippen molar-refractivity contribution in [1.82, 2.24) is 10.9 Å². The Morgan fingerprint density at radius 2 is 1.68 bits per heavy atom. The summed E-state index contributed by atoms with van der Waals surface area (Å²) in [5, 5.41) is 0.761. The maximum absolute atomic E-state index is 11.8. The lowest BCUT2D eigenvalue weighted by atomic mass is 10.1. The van der Waals surface area contributed by atoms with Gasteiger partial charge in [0, 0.05) is 5.02 Å². The van der Waals surface area contributed by atoms with Crippen LogP contribution in [0.1, 0.15) is 5.56 Å². The Balaban J connectivity index is 1.74. The molecule has 0 atom stereocenters. The SMILES string of the molecule is COc1ccc(CC(=O)NNC(=O)COc2ccc(Cl)cc2Cl)cc1. The first-order valence-corrected chi connectivity index (χ1v) is 8.02. The molecule has 0 aliphatic carbocycles. The molecular formula is C17H16Cl2N2O4. The van der Waals surface area contributed by atoms with Gasteiger partial charge in [0.05, 0.1) is 18.6 Å². The Bertz CT molecular complexity index is 751. The molecule has 0 radical (unpaired) electrons. The summed E-state index contributed by atoms with van der Waals surface area (Å²) in [5.41, 5.74) is 5.37. The number of benzene rings is 2. The molecule has 25 heavy (non-hydrogen) atoms. The van der Waals surface area contributed by atoms with E-state index in [1.165, 1.54) is 6.07 Å². The van der Waals surface area contributed by atoms with Crippen molar-refractivity contribution >= 4 is 35.0 Å². The standard InChI is InChI=1S/C17H16Cl2N2O4/c1-24-13-5-2-11(3-6-13)8-16(22)20-21-17(23)10-25-15-7-4-12(18)9-14(15)19/h2-7,9H,8,10H2,1H3,(H,20,22)(H,21,23). The van der Waals surface area contributed by atoms with Gasteiger partial charge in [-0.2, -0.15) is 0 Å². The van der Waals surface area contributed by atoms with Crippen LogP contribution in [0.3, 0.4) is 0 Å². The van der Waals surface area contributed by atoms with Crippen LogP contribution < -0.4 is 20.3 Å². The molecule has 0 bridgehead atoms. The van der Waals surface area contributed by atoms with Crippen LogP contribution in [-0.4, -0.2) is 25.5 Å². The maximum Gasteiger partial charge on any atom is 0.276 e. The highest BCUT2D eigenvalue weighted by Crippen LogP contribution is 2.27. The van der Waals surface area contributed by atoms with Crippen molar-refractivity contribution in [3.8, 4) is 11.5 Å². The molecule has 0 fully saturated rings. The quantitative estimate of drug-likeness (QED) is 0.753. The summed E-state index contributed by atoms with van der Waals surface area (Å²) >= 11 is 11.7. The van der Waals surface area contributed by atoms with Crippen LogP contribution in [0.15, 0.2) is 42.5 Å². The number of halogens is 2. The minimum atomic E-state index is -0.519. The number of ether oxygens (including phenoxy) is 2. The molecule has 2 amide bonds. The summed E-state index contributed by atoms with van der Waals surface area (Å²) < 4.78 is 10.3. The number of hydrazine groups is 1. The monoisotopic (exact) mass is 382 g/mol. The molecule has 6 nitrogen and oxygen atoms in total. The number of hydrogen-bond donors (Lipinski definition) is 2. The van der Waals surface area contributed by atoms with E-state index in [9.17, 15) is 9.59 Å². The third kappa shape index (κ3) is 6.17. The summed E-state index contributed by atoms with van der Waals surface area (Å²) in [5.74, 6) is 0.151. The largest absolute Gasteiger partial charge is 0.497 e. The topological polar surface area (TPSA) is 76.7 Å². The minimum Gasteiger partial charge on any atom is -0.497 e. The van der Waals surface area contributed by atoms with E-state index in [0.717, 1.165) is 5.56 Å². The van der Waals surface area contributed by atoms with Crippen molar-refractivity contribution < 1.29 is 19.1 Å². The highest BCUT2D eigenvalue weighted by molar-refractivity contribution is 6.35. The maximum atomic E-state index is 11.8. The fraction of sp³-hybridized carbons (Fsp3) is 0.176. The smallest absolute Gasteiger partial charge is 0.276 e. The molecule has 0 aromatic heterocycles. The van der Waals surface area contributed by atoms with Crippen molar-refractivity contribution in [2.24, 2.45) is 0 Å². The third-order valence-electron chi connectivity index (χ3n) is 3.12. The molecule has 0 unspecified atom stereocenters. The van der Waals surface area contributed by atoms with E-state index >= 15 is 0 Å². The predicted octanol–water partition coefficient (Wildman–Crippen LogP) is 2.77. The molecule has 2 rings (SSSR count). The lowest BCUT2D eigenvalue weighted by Gasteiger charge is -2.10.